The maximum Gasteiger partial charge on any atom is 0.127 e. The molecule has 0 aliphatic heterocycles. The first-order valence-electron chi connectivity index (χ1n) is 6.63. The van der Waals surface area contributed by atoms with Gasteiger partial charge >= 0.3 is 0 Å². The normalized spacial score (nSPS) is 12.2. The Hall–Kier alpha value is -1.97. The van der Waals surface area contributed by atoms with Gasteiger partial charge in [-0.25, -0.2) is 4.98 Å². The van der Waals surface area contributed by atoms with E-state index >= 15 is 0 Å². The van der Waals surface area contributed by atoms with Gasteiger partial charge in [-0.1, -0.05) is 0 Å². The van der Waals surface area contributed by atoms with Crippen LogP contribution in [0.2, 0.25) is 0 Å². The maximum absolute atomic E-state index is 5.57. The van der Waals surface area contributed by atoms with Crippen molar-refractivity contribution in [1.82, 2.24) is 4.98 Å². The number of aryl methyl sites for hydroxylation is 2. The van der Waals surface area contributed by atoms with Crippen LogP contribution in [0.1, 0.15) is 37.0 Å². The van der Waals surface area contributed by atoms with E-state index in [1.54, 1.807) is 6.20 Å². The van der Waals surface area contributed by atoms with Gasteiger partial charge in [-0.3, -0.25) is 0 Å². The number of rotatable bonds is 5. The third kappa shape index (κ3) is 3.28. The van der Waals surface area contributed by atoms with Crippen LogP contribution in [0.25, 0.3) is 0 Å². The van der Waals surface area contributed by atoms with Gasteiger partial charge in [-0.05, 0) is 39.8 Å². The van der Waals surface area contributed by atoms with Crippen LogP contribution in [0.4, 0.5) is 11.5 Å². The zero-order valence-electron chi connectivity index (χ0n) is 11.9. The van der Waals surface area contributed by atoms with Gasteiger partial charge in [0.1, 0.15) is 17.3 Å². The van der Waals surface area contributed by atoms with Gasteiger partial charge in [0, 0.05) is 30.1 Å². The average Bonchev–Trinajstić information content (AvgIpc) is 2.69. The lowest BCUT2D eigenvalue weighted by molar-refractivity contribution is 0.500. The molecule has 0 saturated heterocycles. The van der Waals surface area contributed by atoms with Crippen LogP contribution in [0.5, 0.6) is 0 Å². The lowest BCUT2D eigenvalue weighted by Gasteiger charge is -2.15. The zero-order valence-corrected chi connectivity index (χ0v) is 11.9. The van der Waals surface area contributed by atoms with Gasteiger partial charge in [0.15, 0.2) is 0 Å². The Bertz CT molecular complexity index is 548. The van der Waals surface area contributed by atoms with Gasteiger partial charge in [-0.2, -0.15) is 0 Å². The Morgan fingerprint density at radius 3 is 2.74 bits per heavy atom. The van der Waals surface area contributed by atoms with E-state index in [9.17, 15) is 0 Å². The summed E-state index contributed by atoms with van der Waals surface area (Å²) >= 11 is 0. The number of furan rings is 1. The smallest absolute Gasteiger partial charge is 0.127 e. The van der Waals surface area contributed by atoms with Crippen LogP contribution >= 0.6 is 0 Å². The van der Waals surface area contributed by atoms with Crippen molar-refractivity contribution >= 4 is 11.5 Å². The van der Waals surface area contributed by atoms with E-state index in [0.717, 1.165) is 29.6 Å². The molecular formula is C15H21N3O. The average molecular weight is 259 g/mol. The number of hydrogen-bond donors (Lipinski definition) is 2. The molecule has 1 atom stereocenters. The Labute approximate surface area is 114 Å². The first-order valence-corrected chi connectivity index (χ1v) is 6.63. The first kappa shape index (κ1) is 13.5. The van der Waals surface area contributed by atoms with E-state index in [4.69, 9.17) is 4.42 Å². The third-order valence-corrected chi connectivity index (χ3v) is 3.05. The van der Waals surface area contributed by atoms with Crippen LogP contribution in [-0.2, 0) is 0 Å². The number of aromatic nitrogens is 1. The second kappa shape index (κ2) is 5.78. The second-order valence-corrected chi connectivity index (χ2v) is 4.69. The van der Waals surface area contributed by atoms with E-state index in [-0.39, 0.29) is 6.04 Å². The van der Waals surface area contributed by atoms with E-state index in [1.807, 2.05) is 26.0 Å². The summed E-state index contributed by atoms with van der Waals surface area (Å²) in [7, 11) is 0. The molecule has 2 N–H and O–H groups in total. The minimum atomic E-state index is 0.203. The molecule has 0 bridgehead atoms. The molecule has 1 unspecified atom stereocenters. The molecule has 2 aromatic rings. The van der Waals surface area contributed by atoms with Crippen molar-refractivity contribution in [2.45, 2.75) is 33.7 Å². The minimum Gasteiger partial charge on any atom is -0.466 e. The SMILES string of the molecule is CCNc1cc(NC(C)c2cc(C)oc2C)ccn1. The molecule has 2 aromatic heterocycles. The Morgan fingerprint density at radius 1 is 1.32 bits per heavy atom. The van der Waals surface area contributed by atoms with Gasteiger partial charge in [0.2, 0.25) is 0 Å². The molecule has 0 amide bonds. The minimum absolute atomic E-state index is 0.203. The van der Waals surface area contributed by atoms with Crippen molar-refractivity contribution in [3.05, 3.63) is 41.5 Å². The Kier molecular flexibility index (Phi) is 4.10. The molecule has 0 aliphatic carbocycles. The van der Waals surface area contributed by atoms with Crippen molar-refractivity contribution < 1.29 is 4.42 Å². The number of nitrogens with zero attached hydrogens (tertiary/aromatic N) is 1. The first-order chi connectivity index (χ1) is 9.10. The van der Waals surface area contributed by atoms with Gasteiger partial charge in [-0.15, -0.1) is 0 Å². The van der Waals surface area contributed by atoms with Crippen molar-refractivity contribution in [2.24, 2.45) is 0 Å². The highest BCUT2D eigenvalue weighted by atomic mass is 16.3. The fraction of sp³-hybridized carbons (Fsp3) is 0.400. The molecule has 4 heteroatoms. The molecule has 19 heavy (non-hydrogen) atoms. The molecule has 0 saturated carbocycles. The molecule has 0 aliphatic rings. The molecule has 0 aromatic carbocycles. The summed E-state index contributed by atoms with van der Waals surface area (Å²) in [5.74, 6) is 2.81. The number of hydrogen-bond acceptors (Lipinski definition) is 4. The zero-order chi connectivity index (χ0) is 13.8. The van der Waals surface area contributed by atoms with Crippen LogP contribution in [0.15, 0.2) is 28.8 Å². The lowest BCUT2D eigenvalue weighted by Crippen LogP contribution is -2.07. The van der Waals surface area contributed by atoms with Crippen molar-refractivity contribution in [1.29, 1.82) is 0 Å². The topological polar surface area (TPSA) is 50.1 Å². The molecule has 0 spiro atoms. The summed E-state index contributed by atoms with van der Waals surface area (Å²) in [4.78, 5) is 4.26. The van der Waals surface area contributed by atoms with E-state index in [0.29, 0.717) is 0 Å². The summed E-state index contributed by atoms with van der Waals surface area (Å²) in [6.45, 7) is 9.02. The number of pyridine rings is 1. The summed E-state index contributed by atoms with van der Waals surface area (Å²) in [6, 6.07) is 6.27. The fourth-order valence-electron chi connectivity index (χ4n) is 2.21. The van der Waals surface area contributed by atoms with E-state index in [1.165, 1.54) is 5.56 Å². The number of anilines is 2. The molecular weight excluding hydrogens is 238 g/mol. The molecule has 0 fully saturated rings. The third-order valence-electron chi connectivity index (χ3n) is 3.05. The van der Waals surface area contributed by atoms with Crippen LogP contribution < -0.4 is 10.6 Å². The quantitative estimate of drug-likeness (QED) is 0.855. The summed E-state index contributed by atoms with van der Waals surface area (Å²) in [5.41, 5.74) is 2.25. The maximum atomic E-state index is 5.57. The van der Waals surface area contributed by atoms with Crippen molar-refractivity contribution in [2.75, 3.05) is 17.2 Å². The van der Waals surface area contributed by atoms with Crippen LogP contribution in [-0.4, -0.2) is 11.5 Å². The number of nitrogens with one attached hydrogen (secondary N) is 2. The lowest BCUT2D eigenvalue weighted by atomic mass is 10.1. The van der Waals surface area contributed by atoms with Crippen LogP contribution in [0, 0.1) is 13.8 Å². The predicted molar refractivity (Wildman–Crippen MR) is 78.6 cm³/mol. The fourth-order valence-corrected chi connectivity index (χ4v) is 2.21. The van der Waals surface area contributed by atoms with E-state index < -0.39 is 0 Å². The second-order valence-electron chi connectivity index (χ2n) is 4.69. The molecule has 2 rings (SSSR count). The Balaban J connectivity index is 2.12. The Morgan fingerprint density at radius 2 is 2.11 bits per heavy atom. The molecule has 4 nitrogen and oxygen atoms in total. The standard InChI is InChI=1S/C15H21N3O/c1-5-16-15-9-13(6-7-17-15)18-11(3)14-8-10(2)19-12(14)4/h6-9,11H,5H2,1-4H3,(H2,16,17,18). The van der Waals surface area contributed by atoms with Crippen molar-refractivity contribution in [3.63, 3.8) is 0 Å². The summed E-state index contributed by atoms with van der Waals surface area (Å²) in [6.07, 6.45) is 1.81. The molecule has 2 heterocycles. The highest BCUT2D eigenvalue weighted by Crippen LogP contribution is 2.25. The summed E-state index contributed by atoms with van der Waals surface area (Å²) in [5, 5.41) is 6.68. The van der Waals surface area contributed by atoms with Crippen LogP contribution in [0.3, 0.4) is 0 Å². The monoisotopic (exact) mass is 259 g/mol. The highest BCUT2D eigenvalue weighted by molar-refractivity contribution is 5.53. The van der Waals surface area contributed by atoms with E-state index in [2.05, 4.69) is 35.5 Å². The largest absolute Gasteiger partial charge is 0.466 e. The summed E-state index contributed by atoms with van der Waals surface area (Å²) < 4.78 is 5.57. The van der Waals surface area contributed by atoms with Gasteiger partial charge < -0.3 is 15.1 Å². The van der Waals surface area contributed by atoms with Crippen molar-refractivity contribution in [3.8, 4) is 0 Å². The highest BCUT2D eigenvalue weighted by Gasteiger charge is 2.12. The predicted octanol–water partition coefficient (Wildman–Crippen LogP) is 3.90. The van der Waals surface area contributed by atoms with Gasteiger partial charge in [0.05, 0.1) is 6.04 Å². The van der Waals surface area contributed by atoms with Gasteiger partial charge in [0.25, 0.3) is 0 Å². The molecule has 0 radical (unpaired) electrons. The molecule has 102 valence electrons.